The molecule has 0 aliphatic heterocycles. The number of carbonyl (C=O) groups is 1. The van der Waals surface area contributed by atoms with E-state index in [1.165, 1.54) is 16.7 Å². The number of hydrogen-bond donors (Lipinski definition) is 0. The van der Waals surface area contributed by atoms with Crippen LogP contribution in [0.15, 0.2) is 35.6 Å². The number of ether oxygens (including phenoxy) is 2. The van der Waals surface area contributed by atoms with Gasteiger partial charge in [0.05, 0.1) is 6.20 Å². The van der Waals surface area contributed by atoms with Gasteiger partial charge in [-0.2, -0.15) is 4.98 Å². The average molecular weight is 361 g/mol. The van der Waals surface area contributed by atoms with Gasteiger partial charge in [-0.3, -0.25) is 4.90 Å². The van der Waals surface area contributed by atoms with Gasteiger partial charge in [0.1, 0.15) is 17.0 Å². The highest BCUT2D eigenvalue weighted by Crippen LogP contribution is 2.32. The molecule has 1 aromatic carbocycles. The molecular weight excluding hydrogens is 338 g/mol. The zero-order valence-electron chi connectivity index (χ0n) is 15.4. The van der Waals surface area contributed by atoms with Crippen molar-refractivity contribution in [1.82, 2.24) is 9.97 Å². The summed E-state index contributed by atoms with van der Waals surface area (Å²) in [6.07, 6.45) is 2.95. The van der Waals surface area contributed by atoms with Gasteiger partial charge in [-0.25, -0.2) is 9.78 Å². The summed E-state index contributed by atoms with van der Waals surface area (Å²) in [4.78, 5) is 22.4. The van der Waals surface area contributed by atoms with E-state index in [4.69, 9.17) is 9.47 Å². The summed E-state index contributed by atoms with van der Waals surface area (Å²) < 4.78 is 11.4. The van der Waals surface area contributed by atoms with Crippen molar-refractivity contribution in [2.45, 2.75) is 38.5 Å². The maximum absolute atomic E-state index is 12.4. The van der Waals surface area contributed by atoms with Crippen LogP contribution in [0.4, 0.5) is 10.5 Å². The lowest BCUT2D eigenvalue weighted by molar-refractivity contribution is 0.0588. The van der Waals surface area contributed by atoms with E-state index < -0.39 is 11.7 Å². The number of nitrogens with zero attached hydrogens (tertiary/aromatic N) is 3. The molecule has 0 radical (unpaired) electrons. The van der Waals surface area contributed by atoms with E-state index in [1.807, 2.05) is 58.2 Å². The Balaban J connectivity index is 2.37. The van der Waals surface area contributed by atoms with Crippen molar-refractivity contribution >= 4 is 23.5 Å². The molecule has 0 unspecified atom stereocenters. The standard InChI is InChI=1S/C18H23N3O3S/c1-12-9-7-8-10-14(12)23-15-13(11-19-16(20-15)25-6)21(5)17(22)24-18(2,3)4/h7-11H,1-6H3. The summed E-state index contributed by atoms with van der Waals surface area (Å²) >= 11 is 1.40. The molecular formula is C18H23N3O3S. The minimum absolute atomic E-state index is 0.307. The second-order valence-corrected chi connectivity index (χ2v) is 7.23. The Bertz CT molecular complexity index is 759. The number of benzene rings is 1. The van der Waals surface area contributed by atoms with Gasteiger partial charge in [-0.1, -0.05) is 30.0 Å². The van der Waals surface area contributed by atoms with Crippen molar-refractivity contribution < 1.29 is 14.3 Å². The Kier molecular flexibility index (Phi) is 5.89. The Morgan fingerprint density at radius 1 is 1.24 bits per heavy atom. The van der Waals surface area contributed by atoms with E-state index in [2.05, 4.69) is 9.97 Å². The molecule has 0 aliphatic rings. The van der Waals surface area contributed by atoms with Gasteiger partial charge in [0.2, 0.25) is 5.88 Å². The molecule has 0 saturated carbocycles. The molecule has 0 aliphatic carbocycles. The Morgan fingerprint density at radius 2 is 1.92 bits per heavy atom. The Morgan fingerprint density at radius 3 is 2.52 bits per heavy atom. The largest absolute Gasteiger partial charge is 0.443 e. The molecule has 0 saturated heterocycles. The monoisotopic (exact) mass is 361 g/mol. The van der Waals surface area contributed by atoms with E-state index in [0.717, 1.165) is 5.56 Å². The van der Waals surface area contributed by atoms with Crippen molar-refractivity contribution in [2.24, 2.45) is 0 Å². The molecule has 2 rings (SSSR count). The highest BCUT2D eigenvalue weighted by Gasteiger charge is 2.24. The zero-order chi connectivity index (χ0) is 18.6. The van der Waals surface area contributed by atoms with Gasteiger partial charge in [-0.15, -0.1) is 0 Å². The second kappa shape index (κ2) is 7.74. The molecule has 0 atom stereocenters. The number of aromatic nitrogens is 2. The van der Waals surface area contributed by atoms with Crippen LogP contribution >= 0.6 is 11.8 Å². The van der Waals surface area contributed by atoms with Crippen LogP contribution in [-0.2, 0) is 4.74 Å². The maximum Gasteiger partial charge on any atom is 0.414 e. The highest BCUT2D eigenvalue weighted by molar-refractivity contribution is 7.98. The van der Waals surface area contributed by atoms with Gasteiger partial charge < -0.3 is 9.47 Å². The molecule has 0 fully saturated rings. The lowest BCUT2D eigenvalue weighted by Crippen LogP contribution is -2.34. The first kappa shape index (κ1) is 19.1. The first-order chi connectivity index (χ1) is 11.7. The van der Waals surface area contributed by atoms with Crippen molar-refractivity contribution in [3.05, 3.63) is 36.0 Å². The van der Waals surface area contributed by atoms with Crippen molar-refractivity contribution in [2.75, 3.05) is 18.2 Å². The van der Waals surface area contributed by atoms with E-state index >= 15 is 0 Å². The summed E-state index contributed by atoms with van der Waals surface area (Å²) in [5.41, 5.74) is 0.815. The molecule has 1 aromatic heterocycles. The number of amides is 1. The zero-order valence-corrected chi connectivity index (χ0v) is 16.2. The predicted octanol–water partition coefficient (Wildman–Crippen LogP) is 4.67. The average Bonchev–Trinajstić information content (AvgIpc) is 2.54. The summed E-state index contributed by atoms with van der Waals surface area (Å²) in [6, 6.07) is 7.62. The molecule has 2 aromatic rings. The quantitative estimate of drug-likeness (QED) is 0.582. The second-order valence-electron chi connectivity index (χ2n) is 6.45. The van der Waals surface area contributed by atoms with Gasteiger partial charge >= 0.3 is 6.09 Å². The van der Waals surface area contributed by atoms with Crippen molar-refractivity contribution in [1.29, 1.82) is 0 Å². The topological polar surface area (TPSA) is 64.6 Å². The van der Waals surface area contributed by atoms with Crippen LogP contribution in [0.25, 0.3) is 0 Å². The van der Waals surface area contributed by atoms with E-state index in [0.29, 0.717) is 22.5 Å². The van der Waals surface area contributed by atoms with Gasteiger partial charge in [0.15, 0.2) is 5.16 Å². The number of anilines is 1. The number of carbonyl (C=O) groups excluding carboxylic acids is 1. The Labute approximate surface area is 152 Å². The molecule has 7 heteroatoms. The van der Waals surface area contributed by atoms with E-state index in [9.17, 15) is 4.79 Å². The van der Waals surface area contributed by atoms with Crippen molar-refractivity contribution in [3.8, 4) is 11.6 Å². The molecule has 0 spiro atoms. The number of rotatable bonds is 4. The van der Waals surface area contributed by atoms with Crippen LogP contribution in [0.3, 0.4) is 0 Å². The van der Waals surface area contributed by atoms with Gasteiger partial charge in [-0.05, 0) is 45.6 Å². The van der Waals surface area contributed by atoms with E-state index in [-0.39, 0.29) is 0 Å². The lowest BCUT2D eigenvalue weighted by atomic mass is 10.2. The number of para-hydroxylation sites is 1. The fourth-order valence-corrected chi connectivity index (χ4v) is 2.28. The van der Waals surface area contributed by atoms with Crippen LogP contribution in [-0.4, -0.2) is 35.0 Å². The molecule has 1 amide bonds. The first-order valence-electron chi connectivity index (χ1n) is 7.82. The fraction of sp³-hybridized carbons (Fsp3) is 0.389. The molecule has 6 nitrogen and oxygen atoms in total. The van der Waals surface area contributed by atoms with Gasteiger partial charge in [0.25, 0.3) is 0 Å². The predicted molar refractivity (Wildman–Crippen MR) is 99.7 cm³/mol. The number of hydrogen-bond acceptors (Lipinski definition) is 6. The van der Waals surface area contributed by atoms with E-state index in [1.54, 1.807) is 13.2 Å². The normalized spacial score (nSPS) is 11.1. The molecule has 25 heavy (non-hydrogen) atoms. The van der Waals surface area contributed by atoms with Crippen molar-refractivity contribution in [3.63, 3.8) is 0 Å². The number of aryl methyl sites for hydroxylation is 1. The van der Waals surface area contributed by atoms with Crippen LogP contribution in [0.2, 0.25) is 0 Å². The third-order valence-electron chi connectivity index (χ3n) is 3.23. The maximum atomic E-state index is 12.4. The summed E-state index contributed by atoms with van der Waals surface area (Å²) in [6.45, 7) is 7.40. The molecule has 1 heterocycles. The Hall–Kier alpha value is -2.28. The smallest absolute Gasteiger partial charge is 0.414 e. The SMILES string of the molecule is CSc1ncc(N(C)C(=O)OC(C)(C)C)c(Oc2ccccc2C)n1. The minimum atomic E-state index is -0.595. The molecule has 0 bridgehead atoms. The third kappa shape index (κ3) is 5.09. The molecule has 134 valence electrons. The lowest BCUT2D eigenvalue weighted by Gasteiger charge is -2.25. The first-order valence-corrected chi connectivity index (χ1v) is 9.05. The highest BCUT2D eigenvalue weighted by atomic mass is 32.2. The van der Waals surface area contributed by atoms with Crippen LogP contribution in [0.5, 0.6) is 11.6 Å². The minimum Gasteiger partial charge on any atom is -0.443 e. The summed E-state index contributed by atoms with van der Waals surface area (Å²) in [5.74, 6) is 0.981. The van der Waals surface area contributed by atoms with Crippen LogP contribution < -0.4 is 9.64 Å². The fourth-order valence-electron chi connectivity index (χ4n) is 1.95. The summed E-state index contributed by atoms with van der Waals surface area (Å²) in [7, 11) is 1.61. The molecule has 0 N–H and O–H groups in total. The van der Waals surface area contributed by atoms with Crippen LogP contribution in [0.1, 0.15) is 26.3 Å². The third-order valence-corrected chi connectivity index (χ3v) is 3.79. The number of thioether (sulfide) groups is 1. The van der Waals surface area contributed by atoms with Crippen LogP contribution in [0, 0.1) is 6.92 Å². The summed E-state index contributed by atoms with van der Waals surface area (Å²) in [5, 5.41) is 0.560. The van der Waals surface area contributed by atoms with Gasteiger partial charge in [0, 0.05) is 7.05 Å².